The van der Waals surface area contributed by atoms with E-state index in [1.165, 1.54) is 16.1 Å². The standard InChI is InChI=1S/C23H26N4O3S2/c1-17-22(25-21-11-7-6-10-20(21)24-17)16-31-18(2)23(28)26-12-14-27(15-13-26)32(29,30)19-8-4-3-5-9-19/h3-11,18H,12-16H2,1-2H3/t18-/m1/s1. The van der Waals surface area contributed by atoms with Crippen molar-refractivity contribution < 1.29 is 13.2 Å². The number of aryl methyl sites for hydroxylation is 1. The summed E-state index contributed by atoms with van der Waals surface area (Å²) in [5.74, 6) is 0.622. The molecule has 9 heteroatoms. The van der Waals surface area contributed by atoms with E-state index in [9.17, 15) is 13.2 Å². The number of nitrogens with zero attached hydrogens (tertiary/aromatic N) is 4. The second-order valence-corrected chi connectivity index (χ2v) is 11.0. The monoisotopic (exact) mass is 470 g/mol. The van der Waals surface area contributed by atoms with Crippen molar-refractivity contribution in [2.45, 2.75) is 29.7 Å². The lowest BCUT2D eigenvalue weighted by atomic mass is 10.2. The van der Waals surface area contributed by atoms with Crippen molar-refractivity contribution in [1.29, 1.82) is 0 Å². The molecule has 0 bridgehead atoms. The van der Waals surface area contributed by atoms with Crippen molar-refractivity contribution in [1.82, 2.24) is 19.2 Å². The van der Waals surface area contributed by atoms with Crippen LogP contribution in [0.2, 0.25) is 0 Å². The minimum absolute atomic E-state index is 0.0261. The molecule has 3 aromatic rings. The molecule has 0 aliphatic carbocycles. The molecule has 0 saturated carbocycles. The third kappa shape index (κ3) is 4.79. The smallest absolute Gasteiger partial charge is 0.243 e. The van der Waals surface area contributed by atoms with Crippen molar-refractivity contribution >= 4 is 38.7 Å². The highest BCUT2D eigenvalue weighted by atomic mass is 32.2. The predicted molar refractivity (Wildman–Crippen MR) is 127 cm³/mol. The van der Waals surface area contributed by atoms with Gasteiger partial charge in [-0.25, -0.2) is 18.4 Å². The highest BCUT2D eigenvalue weighted by molar-refractivity contribution is 7.99. The van der Waals surface area contributed by atoms with Crippen LogP contribution in [0.1, 0.15) is 18.3 Å². The van der Waals surface area contributed by atoms with Gasteiger partial charge in [-0.2, -0.15) is 4.31 Å². The van der Waals surface area contributed by atoms with Gasteiger partial charge >= 0.3 is 0 Å². The fourth-order valence-corrected chi connectivity index (χ4v) is 6.10. The number of rotatable bonds is 6. The van der Waals surface area contributed by atoms with Gasteiger partial charge in [-0.3, -0.25) is 4.79 Å². The summed E-state index contributed by atoms with van der Waals surface area (Å²) in [5, 5.41) is -0.250. The van der Waals surface area contributed by atoms with Crippen LogP contribution in [0.4, 0.5) is 0 Å². The molecule has 1 amide bonds. The number of hydrogen-bond donors (Lipinski definition) is 0. The highest BCUT2D eigenvalue weighted by Crippen LogP contribution is 2.23. The Morgan fingerprint density at radius 3 is 2.22 bits per heavy atom. The zero-order valence-corrected chi connectivity index (χ0v) is 19.8. The number of sulfonamides is 1. The molecule has 4 rings (SSSR count). The molecule has 1 saturated heterocycles. The minimum Gasteiger partial charge on any atom is -0.339 e. The molecule has 32 heavy (non-hydrogen) atoms. The maximum absolute atomic E-state index is 12.9. The zero-order valence-electron chi connectivity index (χ0n) is 18.1. The summed E-state index contributed by atoms with van der Waals surface area (Å²) >= 11 is 1.53. The Morgan fingerprint density at radius 1 is 0.969 bits per heavy atom. The molecule has 2 heterocycles. The van der Waals surface area contributed by atoms with Crippen molar-refractivity contribution in [2.75, 3.05) is 26.2 Å². The van der Waals surface area contributed by atoms with Crippen molar-refractivity contribution in [2.24, 2.45) is 0 Å². The van der Waals surface area contributed by atoms with E-state index >= 15 is 0 Å². The molecule has 1 aliphatic heterocycles. The van der Waals surface area contributed by atoms with Crippen molar-refractivity contribution in [3.05, 3.63) is 66.0 Å². The van der Waals surface area contributed by atoms with E-state index in [0.717, 1.165) is 22.4 Å². The number of amides is 1. The number of para-hydroxylation sites is 2. The number of carbonyl (C=O) groups excluding carboxylic acids is 1. The van der Waals surface area contributed by atoms with E-state index < -0.39 is 10.0 Å². The number of hydrogen-bond acceptors (Lipinski definition) is 6. The van der Waals surface area contributed by atoms with Crippen LogP contribution in [-0.4, -0.2) is 64.9 Å². The van der Waals surface area contributed by atoms with Crippen molar-refractivity contribution in [3.63, 3.8) is 0 Å². The summed E-state index contributed by atoms with van der Waals surface area (Å²) in [6, 6.07) is 16.2. The van der Waals surface area contributed by atoms with Gasteiger partial charge in [0.15, 0.2) is 0 Å². The molecule has 0 unspecified atom stereocenters. The van der Waals surface area contributed by atoms with E-state index in [1.807, 2.05) is 38.1 Å². The summed E-state index contributed by atoms with van der Waals surface area (Å²) in [6.07, 6.45) is 0. The van der Waals surface area contributed by atoms with Crippen LogP contribution in [0.25, 0.3) is 11.0 Å². The minimum atomic E-state index is -3.53. The van der Waals surface area contributed by atoms with Gasteiger partial charge < -0.3 is 4.90 Å². The quantitative estimate of drug-likeness (QED) is 0.551. The molecular weight excluding hydrogens is 444 g/mol. The number of carbonyl (C=O) groups is 1. The Kier molecular flexibility index (Phi) is 6.78. The van der Waals surface area contributed by atoms with Gasteiger partial charge in [-0.15, -0.1) is 11.8 Å². The maximum atomic E-state index is 12.9. The van der Waals surface area contributed by atoms with Gasteiger partial charge in [0, 0.05) is 31.9 Å². The Morgan fingerprint density at radius 2 is 1.56 bits per heavy atom. The van der Waals surface area contributed by atoms with Crippen LogP contribution in [0.3, 0.4) is 0 Å². The lowest BCUT2D eigenvalue weighted by Crippen LogP contribution is -2.52. The van der Waals surface area contributed by atoms with E-state index in [2.05, 4.69) is 4.98 Å². The number of fused-ring (bicyclic) bond motifs is 1. The van der Waals surface area contributed by atoms with Gasteiger partial charge in [0.25, 0.3) is 0 Å². The molecule has 1 aromatic heterocycles. The van der Waals surface area contributed by atoms with Gasteiger partial charge in [-0.1, -0.05) is 30.3 Å². The summed E-state index contributed by atoms with van der Waals surface area (Å²) < 4.78 is 27.0. The fraction of sp³-hybridized carbons (Fsp3) is 0.348. The summed E-state index contributed by atoms with van der Waals surface area (Å²) in [5.41, 5.74) is 3.47. The second kappa shape index (κ2) is 9.56. The van der Waals surface area contributed by atoms with Crippen LogP contribution in [-0.2, 0) is 20.6 Å². The van der Waals surface area contributed by atoms with Crippen molar-refractivity contribution in [3.8, 4) is 0 Å². The molecule has 168 valence electrons. The summed E-state index contributed by atoms with van der Waals surface area (Å²) in [7, 11) is -3.53. The van der Waals surface area contributed by atoms with E-state index in [4.69, 9.17) is 4.98 Å². The molecule has 1 atom stereocenters. The average Bonchev–Trinajstić information content (AvgIpc) is 2.82. The SMILES string of the molecule is Cc1nc2ccccc2nc1CS[C@H](C)C(=O)N1CCN(S(=O)(=O)c2ccccc2)CC1. The third-order valence-electron chi connectivity index (χ3n) is 5.59. The first kappa shape index (κ1) is 22.7. The number of aromatic nitrogens is 2. The fourth-order valence-electron chi connectivity index (χ4n) is 3.68. The first-order chi connectivity index (χ1) is 15.4. The van der Waals surface area contributed by atoms with Crippen LogP contribution >= 0.6 is 11.8 Å². The highest BCUT2D eigenvalue weighted by Gasteiger charge is 2.31. The number of piperazine rings is 1. The molecule has 0 N–H and O–H groups in total. The first-order valence-electron chi connectivity index (χ1n) is 10.5. The van der Waals surface area contributed by atoms with Crippen LogP contribution in [0.5, 0.6) is 0 Å². The van der Waals surface area contributed by atoms with Crippen LogP contribution in [0, 0.1) is 6.92 Å². The lowest BCUT2D eigenvalue weighted by Gasteiger charge is -2.35. The normalized spacial score (nSPS) is 16.2. The largest absolute Gasteiger partial charge is 0.339 e. The third-order valence-corrected chi connectivity index (χ3v) is 8.65. The van der Waals surface area contributed by atoms with Gasteiger partial charge in [0.1, 0.15) is 0 Å². The lowest BCUT2D eigenvalue weighted by molar-refractivity contribution is -0.131. The van der Waals surface area contributed by atoms with E-state index in [-0.39, 0.29) is 16.1 Å². The molecular formula is C23H26N4O3S2. The number of thioether (sulfide) groups is 1. The molecule has 1 fully saturated rings. The molecule has 1 aliphatic rings. The van der Waals surface area contributed by atoms with Gasteiger partial charge in [-0.05, 0) is 38.1 Å². The Labute approximate surface area is 192 Å². The second-order valence-electron chi connectivity index (χ2n) is 7.74. The van der Waals surface area contributed by atoms with E-state index in [0.29, 0.717) is 31.9 Å². The average molecular weight is 471 g/mol. The molecule has 2 aromatic carbocycles. The Balaban J connectivity index is 1.34. The van der Waals surface area contributed by atoms with Crippen LogP contribution < -0.4 is 0 Å². The summed E-state index contributed by atoms with van der Waals surface area (Å²) in [4.78, 5) is 24.3. The van der Waals surface area contributed by atoms with Gasteiger partial charge in [0.05, 0.1) is 32.6 Å². The molecule has 0 radical (unpaired) electrons. The topological polar surface area (TPSA) is 83.5 Å². The predicted octanol–water partition coefficient (Wildman–Crippen LogP) is 3.09. The van der Waals surface area contributed by atoms with Gasteiger partial charge in [0.2, 0.25) is 15.9 Å². The molecule has 7 nitrogen and oxygen atoms in total. The maximum Gasteiger partial charge on any atom is 0.243 e. The Hall–Kier alpha value is -2.49. The zero-order chi connectivity index (χ0) is 22.7. The Bertz CT molecular complexity index is 1210. The van der Waals surface area contributed by atoms with E-state index in [1.54, 1.807) is 35.2 Å². The summed E-state index contributed by atoms with van der Waals surface area (Å²) in [6.45, 7) is 5.22. The number of benzene rings is 2. The van der Waals surface area contributed by atoms with Crippen LogP contribution in [0.15, 0.2) is 59.5 Å². The molecule has 0 spiro atoms. The first-order valence-corrected chi connectivity index (χ1v) is 13.0.